The monoisotopic (exact) mass is 347 g/mol. The Morgan fingerprint density at radius 3 is 2.73 bits per heavy atom. The highest BCUT2D eigenvalue weighted by molar-refractivity contribution is 5.79. The zero-order valence-electron chi connectivity index (χ0n) is 15.0. The van der Waals surface area contributed by atoms with Crippen molar-refractivity contribution < 1.29 is 4.79 Å². The number of carbonyl (C=O) groups is 1. The molecule has 0 saturated carbocycles. The number of piperidine rings is 1. The van der Waals surface area contributed by atoms with Crippen LogP contribution in [0, 0.1) is 5.92 Å². The molecule has 1 atom stereocenters. The lowest BCUT2D eigenvalue weighted by molar-refractivity contribution is -0.108. The Morgan fingerprint density at radius 1 is 1.19 bits per heavy atom. The van der Waals surface area contributed by atoms with Crippen LogP contribution in [-0.2, 0) is 11.3 Å². The molecule has 1 fully saturated rings. The second-order valence-electron chi connectivity index (χ2n) is 7.30. The molecule has 0 aliphatic carbocycles. The number of carbonyl (C=O) groups excluding carboxylic acids is 1. The van der Waals surface area contributed by atoms with Gasteiger partial charge in [0.05, 0.1) is 0 Å². The van der Waals surface area contributed by atoms with Gasteiger partial charge in [-0.25, -0.2) is 0 Å². The third-order valence-corrected chi connectivity index (χ3v) is 5.64. The number of aromatic nitrogens is 2. The van der Waals surface area contributed by atoms with Gasteiger partial charge in [-0.1, -0.05) is 30.3 Å². The number of aldehydes is 1. The SMILES string of the molecule is O=CCC(c1cc2cnccc2[nH]1)C1CCN(Cc2ccccc2)CC1. The van der Waals surface area contributed by atoms with Crippen molar-refractivity contribution in [3.05, 3.63) is 66.1 Å². The van der Waals surface area contributed by atoms with Gasteiger partial charge in [0.15, 0.2) is 0 Å². The van der Waals surface area contributed by atoms with Crippen LogP contribution in [0.2, 0.25) is 0 Å². The molecule has 4 rings (SSSR count). The Bertz CT molecular complexity index is 817. The molecule has 1 aliphatic rings. The van der Waals surface area contributed by atoms with E-state index in [4.69, 9.17) is 0 Å². The number of aromatic amines is 1. The predicted octanol–water partition coefficient (Wildman–Crippen LogP) is 4.15. The van der Waals surface area contributed by atoms with E-state index >= 15 is 0 Å². The molecule has 0 bridgehead atoms. The summed E-state index contributed by atoms with van der Waals surface area (Å²) in [5.74, 6) is 0.826. The molecule has 4 heteroatoms. The van der Waals surface area contributed by atoms with Crippen molar-refractivity contribution in [2.75, 3.05) is 13.1 Å². The number of hydrogen-bond acceptors (Lipinski definition) is 3. The average Bonchev–Trinajstić information content (AvgIpc) is 3.11. The Hall–Kier alpha value is -2.46. The number of benzene rings is 1. The van der Waals surface area contributed by atoms with Crippen LogP contribution in [0.3, 0.4) is 0 Å². The van der Waals surface area contributed by atoms with E-state index in [1.807, 2.05) is 12.3 Å². The van der Waals surface area contributed by atoms with Crippen LogP contribution in [0.5, 0.6) is 0 Å². The quantitative estimate of drug-likeness (QED) is 0.682. The van der Waals surface area contributed by atoms with Crippen molar-refractivity contribution >= 4 is 17.2 Å². The standard InChI is InChI=1S/C22H25N3O/c26-13-9-20(22-14-19-15-23-10-6-21(19)24-22)18-7-11-25(12-8-18)16-17-4-2-1-3-5-17/h1-6,10,13-15,18,20,24H,7-9,11-12,16H2. The van der Waals surface area contributed by atoms with Gasteiger partial charge in [0.2, 0.25) is 0 Å². The fraction of sp³-hybridized carbons (Fsp3) is 0.364. The first-order valence-corrected chi connectivity index (χ1v) is 9.46. The fourth-order valence-corrected chi connectivity index (χ4v) is 4.23. The maximum absolute atomic E-state index is 11.3. The number of rotatable bonds is 6. The Balaban J connectivity index is 1.44. The highest BCUT2D eigenvalue weighted by atomic mass is 16.1. The summed E-state index contributed by atoms with van der Waals surface area (Å²) in [6.45, 7) is 3.21. The van der Waals surface area contributed by atoms with Gasteiger partial charge in [-0.05, 0) is 49.5 Å². The van der Waals surface area contributed by atoms with E-state index in [-0.39, 0.29) is 5.92 Å². The molecule has 3 aromatic rings. The Morgan fingerprint density at radius 2 is 2.00 bits per heavy atom. The zero-order valence-corrected chi connectivity index (χ0v) is 15.0. The minimum Gasteiger partial charge on any atom is -0.358 e. The number of nitrogens with zero attached hydrogens (tertiary/aromatic N) is 2. The predicted molar refractivity (Wildman–Crippen MR) is 104 cm³/mol. The van der Waals surface area contributed by atoms with Crippen molar-refractivity contribution in [2.24, 2.45) is 5.92 Å². The molecule has 134 valence electrons. The van der Waals surface area contributed by atoms with Crippen LogP contribution < -0.4 is 0 Å². The molecule has 1 aliphatic heterocycles. The van der Waals surface area contributed by atoms with Gasteiger partial charge in [0, 0.05) is 47.9 Å². The summed E-state index contributed by atoms with van der Waals surface area (Å²) in [5.41, 5.74) is 3.66. The minimum absolute atomic E-state index is 0.277. The van der Waals surface area contributed by atoms with Crippen LogP contribution in [0.1, 0.15) is 36.4 Å². The zero-order chi connectivity index (χ0) is 17.8. The molecule has 3 heterocycles. The number of H-pyrrole nitrogens is 1. The molecule has 0 spiro atoms. The molecule has 1 saturated heterocycles. The maximum atomic E-state index is 11.3. The number of hydrogen-bond donors (Lipinski definition) is 1. The summed E-state index contributed by atoms with van der Waals surface area (Å²) >= 11 is 0. The fourth-order valence-electron chi connectivity index (χ4n) is 4.23. The summed E-state index contributed by atoms with van der Waals surface area (Å²) in [5, 5.41) is 1.12. The Labute approximate surface area is 154 Å². The van der Waals surface area contributed by atoms with Crippen molar-refractivity contribution in [3.8, 4) is 0 Å². The summed E-state index contributed by atoms with van der Waals surface area (Å²) in [7, 11) is 0. The molecule has 4 nitrogen and oxygen atoms in total. The normalized spacial score (nSPS) is 17.4. The molecule has 1 unspecified atom stereocenters. The third kappa shape index (κ3) is 3.70. The van der Waals surface area contributed by atoms with Gasteiger partial charge in [0.1, 0.15) is 6.29 Å². The second kappa shape index (κ2) is 7.83. The van der Waals surface area contributed by atoms with E-state index < -0.39 is 0 Å². The lowest BCUT2D eigenvalue weighted by Gasteiger charge is -2.35. The topological polar surface area (TPSA) is 49.0 Å². The lowest BCUT2D eigenvalue weighted by Crippen LogP contribution is -2.35. The van der Waals surface area contributed by atoms with Gasteiger partial charge in [-0.2, -0.15) is 0 Å². The van der Waals surface area contributed by atoms with E-state index in [0.29, 0.717) is 12.3 Å². The van der Waals surface area contributed by atoms with E-state index in [1.165, 1.54) is 11.3 Å². The first-order chi connectivity index (χ1) is 12.8. The van der Waals surface area contributed by atoms with E-state index in [1.54, 1.807) is 6.20 Å². The van der Waals surface area contributed by atoms with Crippen molar-refractivity contribution in [2.45, 2.75) is 31.7 Å². The molecule has 2 aromatic heterocycles. The van der Waals surface area contributed by atoms with Gasteiger partial charge in [0.25, 0.3) is 0 Å². The highest BCUT2D eigenvalue weighted by Gasteiger charge is 2.28. The second-order valence-corrected chi connectivity index (χ2v) is 7.30. The molecule has 0 radical (unpaired) electrons. The summed E-state index contributed by atoms with van der Waals surface area (Å²) in [6.07, 6.45) is 7.63. The van der Waals surface area contributed by atoms with E-state index in [2.05, 4.69) is 51.3 Å². The van der Waals surface area contributed by atoms with Crippen LogP contribution >= 0.6 is 0 Å². The van der Waals surface area contributed by atoms with E-state index in [0.717, 1.165) is 49.7 Å². The summed E-state index contributed by atoms with van der Waals surface area (Å²) in [4.78, 5) is 21.6. The van der Waals surface area contributed by atoms with Crippen LogP contribution in [0.25, 0.3) is 10.9 Å². The van der Waals surface area contributed by atoms with Crippen molar-refractivity contribution in [1.82, 2.24) is 14.9 Å². The number of fused-ring (bicyclic) bond motifs is 1. The van der Waals surface area contributed by atoms with Crippen LogP contribution in [0.15, 0.2) is 54.9 Å². The van der Waals surface area contributed by atoms with E-state index in [9.17, 15) is 4.79 Å². The van der Waals surface area contributed by atoms with Gasteiger partial charge < -0.3 is 9.78 Å². The Kier molecular flexibility index (Phi) is 5.12. The summed E-state index contributed by atoms with van der Waals surface area (Å²) in [6, 6.07) is 14.8. The first kappa shape index (κ1) is 17.0. The molecule has 0 amide bonds. The largest absolute Gasteiger partial charge is 0.358 e. The van der Waals surface area contributed by atoms with Gasteiger partial charge in [-0.15, -0.1) is 0 Å². The highest BCUT2D eigenvalue weighted by Crippen LogP contribution is 2.35. The molecule has 1 N–H and O–H groups in total. The molecular weight excluding hydrogens is 322 g/mol. The maximum Gasteiger partial charge on any atom is 0.120 e. The van der Waals surface area contributed by atoms with Crippen LogP contribution in [0.4, 0.5) is 0 Å². The van der Waals surface area contributed by atoms with Crippen LogP contribution in [-0.4, -0.2) is 34.2 Å². The molecule has 26 heavy (non-hydrogen) atoms. The smallest absolute Gasteiger partial charge is 0.120 e. The average molecular weight is 347 g/mol. The minimum atomic E-state index is 0.277. The molecular formula is C22H25N3O. The van der Waals surface area contributed by atoms with Crippen molar-refractivity contribution in [3.63, 3.8) is 0 Å². The van der Waals surface area contributed by atoms with Gasteiger partial charge in [-0.3, -0.25) is 9.88 Å². The molecule has 1 aromatic carbocycles. The van der Waals surface area contributed by atoms with Gasteiger partial charge >= 0.3 is 0 Å². The third-order valence-electron chi connectivity index (χ3n) is 5.64. The number of pyridine rings is 1. The lowest BCUT2D eigenvalue weighted by atomic mass is 9.80. The number of likely N-dealkylation sites (tertiary alicyclic amines) is 1. The number of nitrogens with one attached hydrogen (secondary N) is 1. The first-order valence-electron chi connectivity index (χ1n) is 9.46. The van der Waals surface area contributed by atoms with Crippen molar-refractivity contribution in [1.29, 1.82) is 0 Å². The summed E-state index contributed by atoms with van der Waals surface area (Å²) < 4.78 is 0.